The standard InChI is InChI=1S/C15H22FNO3/c1-10-4-5-11(16)8-13(10)20-14-9-12(17-2)15(14)19-7-6-18-3/h4-5,8,12,14-15,17H,6-7,9H2,1-3H3. The summed E-state index contributed by atoms with van der Waals surface area (Å²) in [5.41, 5.74) is 0.926. The third kappa shape index (κ3) is 3.48. The molecule has 20 heavy (non-hydrogen) atoms. The average molecular weight is 283 g/mol. The molecule has 4 nitrogen and oxygen atoms in total. The molecule has 0 aliphatic heterocycles. The molecule has 1 saturated carbocycles. The van der Waals surface area contributed by atoms with E-state index in [2.05, 4.69) is 5.32 Å². The molecule has 3 atom stereocenters. The van der Waals surface area contributed by atoms with E-state index in [1.165, 1.54) is 12.1 Å². The van der Waals surface area contributed by atoms with Crippen molar-refractivity contribution >= 4 is 0 Å². The monoisotopic (exact) mass is 283 g/mol. The van der Waals surface area contributed by atoms with Gasteiger partial charge in [-0.05, 0) is 25.6 Å². The second-order valence-electron chi connectivity index (χ2n) is 5.03. The molecule has 0 bridgehead atoms. The number of rotatable bonds is 7. The van der Waals surface area contributed by atoms with E-state index in [1.807, 2.05) is 14.0 Å². The molecule has 0 radical (unpaired) electrons. The number of hydrogen-bond acceptors (Lipinski definition) is 4. The van der Waals surface area contributed by atoms with Crippen LogP contribution in [0.1, 0.15) is 12.0 Å². The lowest BCUT2D eigenvalue weighted by Crippen LogP contribution is -2.60. The molecule has 112 valence electrons. The maximum absolute atomic E-state index is 13.3. The quantitative estimate of drug-likeness (QED) is 0.776. The van der Waals surface area contributed by atoms with Crippen molar-refractivity contribution in [2.24, 2.45) is 0 Å². The van der Waals surface area contributed by atoms with Crippen LogP contribution in [0.3, 0.4) is 0 Å². The van der Waals surface area contributed by atoms with E-state index in [0.29, 0.717) is 19.0 Å². The predicted octanol–water partition coefficient (Wildman–Crippen LogP) is 1.90. The molecular weight excluding hydrogens is 261 g/mol. The summed E-state index contributed by atoms with van der Waals surface area (Å²) in [5.74, 6) is 0.303. The number of ether oxygens (including phenoxy) is 3. The largest absolute Gasteiger partial charge is 0.487 e. The first kappa shape index (κ1) is 15.2. The van der Waals surface area contributed by atoms with Gasteiger partial charge in [-0.25, -0.2) is 4.39 Å². The van der Waals surface area contributed by atoms with Gasteiger partial charge in [0.15, 0.2) is 0 Å². The lowest BCUT2D eigenvalue weighted by Gasteiger charge is -2.43. The van der Waals surface area contributed by atoms with Gasteiger partial charge in [-0.1, -0.05) is 6.07 Å². The van der Waals surface area contributed by atoms with Crippen molar-refractivity contribution < 1.29 is 18.6 Å². The van der Waals surface area contributed by atoms with Crippen molar-refractivity contribution in [3.63, 3.8) is 0 Å². The Balaban J connectivity index is 1.95. The van der Waals surface area contributed by atoms with E-state index in [1.54, 1.807) is 13.2 Å². The number of hydrogen-bond donors (Lipinski definition) is 1. The van der Waals surface area contributed by atoms with E-state index < -0.39 is 0 Å². The number of aryl methyl sites for hydroxylation is 1. The van der Waals surface area contributed by atoms with Crippen LogP contribution in [0.15, 0.2) is 18.2 Å². The van der Waals surface area contributed by atoms with Crippen LogP contribution in [0.2, 0.25) is 0 Å². The Morgan fingerprint density at radius 2 is 2.15 bits per heavy atom. The van der Waals surface area contributed by atoms with Crippen molar-refractivity contribution in [1.82, 2.24) is 5.32 Å². The lowest BCUT2D eigenvalue weighted by molar-refractivity contribution is -0.114. The van der Waals surface area contributed by atoms with Crippen molar-refractivity contribution in [3.05, 3.63) is 29.6 Å². The van der Waals surface area contributed by atoms with Gasteiger partial charge in [0, 0.05) is 25.6 Å². The minimum absolute atomic E-state index is 0.0298. The van der Waals surface area contributed by atoms with E-state index in [4.69, 9.17) is 14.2 Å². The van der Waals surface area contributed by atoms with Crippen molar-refractivity contribution in [3.8, 4) is 5.75 Å². The van der Waals surface area contributed by atoms with Crippen molar-refractivity contribution in [2.45, 2.75) is 31.6 Å². The summed E-state index contributed by atoms with van der Waals surface area (Å²) in [4.78, 5) is 0. The molecule has 1 N–H and O–H groups in total. The highest BCUT2D eigenvalue weighted by atomic mass is 19.1. The Bertz CT molecular complexity index is 441. The van der Waals surface area contributed by atoms with Gasteiger partial charge in [-0.15, -0.1) is 0 Å². The van der Waals surface area contributed by atoms with Crippen LogP contribution in [0.5, 0.6) is 5.75 Å². The maximum Gasteiger partial charge on any atom is 0.128 e. The zero-order chi connectivity index (χ0) is 14.5. The normalized spacial score (nSPS) is 25.3. The second-order valence-corrected chi connectivity index (χ2v) is 5.03. The highest BCUT2D eigenvalue weighted by Crippen LogP contribution is 2.30. The Kier molecular flexibility index (Phi) is 5.34. The van der Waals surface area contributed by atoms with Gasteiger partial charge in [0.05, 0.1) is 13.2 Å². The minimum atomic E-state index is -0.285. The SMILES string of the molecule is CNC1CC(Oc2cc(F)ccc2C)C1OCCOC. The van der Waals surface area contributed by atoms with Gasteiger partial charge in [-0.3, -0.25) is 0 Å². The number of nitrogens with one attached hydrogen (secondary N) is 1. The molecule has 1 aliphatic carbocycles. The summed E-state index contributed by atoms with van der Waals surface area (Å²) < 4.78 is 29.9. The minimum Gasteiger partial charge on any atom is -0.487 e. The Labute approximate surface area is 119 Å². The maximum atomic E-state index is 13.3. The average Bonchev–Trinajstić information content (AvgIpc) is 2.42. The molecule has 1 aliphatic rings. The summed E-state index contributed by atoms with van der Waals surface area (Å²) in [5, 5.41) is 3.20. The van der Waals surface area contributed by atoms with E-state index in [0.717, 1.165) is 12.0 Å². The third-order valence-electron chi connectivity index (χ3n) is 3.65. The van der Waals surface area contributed by atoms with Crippen LogP contribution in [-0.4, -0.2) is 45.6 Å². The highest BCUT2D eigenvalue weighted by molar-refractivity contribution is 5.33. The summed E-state index contributed by atoms with van der Waals surface area (Å²) >= 11 is 0. The summed E-state index contributed by atoms with van der Waals surface area (Å²) in [6, 6.07) is 4.85. The van der Waals surface area contributed by atoms with Crippen molar-refractivity contribution in [2.75, 3.05) is 27.4 Å². The highest BCUT2D eigenvalue weighted by Gasteiger charge is 2.43. The van der Waals surface area contributed by atoms with E-state index in [-0.39, 0.29) is 24.1 Å². The number of likely N-dealkylation sites (N-methyl/N-ethyl adjacent to an activating group) is 1. The van der Waals surface area contributed by atoms with Gasteiger partial charge >= 0.3 is 0 Å². The fourth-order valence-electron chi connectivity index (χ4n) is 2.33. The van der Waals surface area contributed by atoms with Crippen LogP contribution >= 0.6 is 0 Å². The first-order valence-electron chi connectivity index (χ1n) is 6.86. The molecule has 0 aromatic heterocycles. The van der Waals surface area contributed by atoms with Gasteiger partial charge in [0.25, 0.3) is 0 Å². The zero-order valence-corrected chi connectivity index (χ0v) is 12.2. The lowest BCUT2D eigenvalue weighted by atomic mass is 9.85. The van der Waals surface area contributed by atoms with Crippen LogP contribution in [0.4, 0.5) is 4.39 Å². The molecule has 0 amide bonds. The fraction of sp³-hybridized carbons (Fsp3) is 0.600. The summed E-state index contributed by atoms with van der Waals surface area (Å²) in [6.07, 6.45) is 0.770. The van der Waals surface area contributed by atoms with Gasteiger partial charge in [0.2, 0.25) is 0 Å². The zero-order valence-electron chi connectivity index (χ0n) is 12.2. The molecule has 1 aromatic rings. The molecule has 0 saturated heterocycles. The van der Waals surface area contributed by atoms with Crippen LogP contribution in [0, 0.1) is 12.7 Å². The molecular formula is C15H22FNO3. The van der Waals surface area contributed by atoms with E-state index >= 15 is 0 Å². The first-order chi connectivity index (χ1) is 9.65. The molecule has 0 heterocycles. The molecule has 3 unspecified atom stereocenters. The Morgan fingerprint density at radius 1 is 1.35 bits per heavy atom. The number of halogens is 1. The second kappa shape index (κ2) is 7.02. The molecule has 1 fully saturated rings. The van der Waals surface area contributed by atoms with E-state index in [9.17, 15) is 4.39 Å². The van der Waals surface area contributed by atoms with Gasteiger partial charge in [0.1, 0.15) is 23.8 Å². The predicted molar refractivity (Wildman–Crippen MR) is 74.6 cm³/mol. The van der Waals surface area contributed by atoms with Gasteiger partial charge < -0.3 is 19.5 Å². The molecule has 2 rings (SSSR count). The molecule has 0 spiro atoms. The summed E-state index contributed by atoms with van der Waals surface area (Å²) in [6.45, 7) is 2.99. The Hall–Kier alpha value is -1.17. The topological polar surface area (TPSA) is 39.7 Å². The van der Waals surface area contributed by atoms with Crippen LogP contribution in [0.25, 0.3) is 0 Å². The first-order valence-corrected chi connectivity index (χ1v) is 6.86. The number of benzene rings is 1. The smallest absolute Gasteiger partial charge is 0.128 e. The van der Waals surface area contributed by atoms with Crippen molar-refractivity contribution in [1.29, 1.82) is 0 Å². The van der Waals surface area contributed by atoms with Gasteiger partial charge in [-0.2, -0.15) is 0 Å². The Morgan fingerprint density at radius 3 is 2.85 bits per heavy atom. The third-order valence-corrected chi connectivity index (χ3v) is 3.65. The van der Waals surface area contributed by atoms with Crippen LogP contribution in [-0.2, 0) is 9.47 Å². The number of methoxy groups -OCH3 is 1. The van der Waals surface area contributed by atoms with Crippen LogP contribution < -0.4 is 10.1 Å². The molecule has 5 heteroatoms. The fourth-order valence-corrected chi connectivity index (χ4v) is 2.33. The summed E-state index contributed by atoms with van der Waals surface area (Å²) in [7, 11) is 3.55. The molecule has 1 aromatic carbocycles.